The molecule has 2 heterocycles. The maximum absolute atomic E-state index is 12.2. The lowest BCUT2D eigenvalue weighted by atomic mass is 10.1. The Hall–Kier alpha value is -0.940. The predicted octanol–water partition coefficient (Wildman–Crippen LogP) is 1.94. The van der Waals surface area contributed by atoms with E-state index in [2.05, 4.69) is 39.7 Å². The maximum atomic E-state index is 12.2. The number of aromatic nitrogens is 1. The molecule has 0 radical (unpaired) electrons. The number of hydrogen-bond acceptors (Lipinski definition) is 3. The fourth-order valence-corrected chi connectivity index (χ4v) is 2.74. The molecule has 19 heavy (non-hydrogen) atoms. The zero-order chi connectivity index (χ0) is 13.8. The summed E-state index contributed by atoms with van der Waals surface area (Å²) < 4.78 is 0.919. The molecule has 0 spiro atoms. The van der Waals surface area contributed by atoms with Crippen LogP contribution in [0.3, 0.4) is 0 Å². The summed E-state index contributed by atoms with van der Waals surface area (Å²) in [6.07, 6.45) is 3.93. The second-order valence-corrected chi connectivity index (χ2v) is 6.11. The molecule has 0 atom stereocenters. The first-order chi connectivity index (χ1) is 9.06. The van der Waals surface area contributed by atoms with Gasteiger partial charge in [0.15, 0.2) is 0 Å². The van der Waals surface area contributed by atoms with Crippen molar-refractivity contribution in [2.75, 3.05) is 26.2 Å². The minimum atomic E-state index is 0.198. The minimum absolute atomic E-state index is 0.198. The zero-order valence-electron chi connectivity index (χ0n) is 11.5. The average molecular weight is 326 g/mol. The number of carbonyl (C=O) groups is 1. The molecule has 1 aliphatic heterocycles. The van der Waals surface area contributed by atoms with Crippen LogP contribution >= 0.6 is 15.9 Å². The van der Waals surface area contributed by atoms with E-state index in [-0.39, 0.29) is 5.91 Å². The molecule has 1 saturated heterocycles. The number of nitrogens with zero attached hydrogens (tertiary/aromatic N) is 3. The van der Waals surface area contributed by atoms with E-state index in [0.717, 1.165) is 36.2 Å². The van der Waals surface area contributed by atoms with Crippen LogP contribution in [0, 0.1) is 0 Å². The van der Waals surface area contributed by atoms with Crippen molar-refractivity contribution in [2.24, 2.45) is 0 Å². The van der Waals surface area contributed by atoms with Crippen LogP contribution in [-0.4, -0.2) is 52.9 Å². The Morgan fingerprint density at radius 3 is 2.58 bits per heavy atom. The van der Waals surface area contributed by atoms with E-state index in [1.54, 1.807) is 12.4 Å². The molecule has 2 rings (SSSR count). The molecular formula is C14H20BrN3O. The molecular weight excluding hydrogens is 306 g/mol. The van der Waals surface area contributed by atoms with Gasteiger partial charge in [0.05, 0.1) is 6.42 Å². The summed E-state index contributed by atoms with van der Waals surface area (Å²) in [5.74, 6) is 0.198. The highest BCUT2D eigenvalue weighted by molar-refractivity contribution is 9.10. The highest BCUT2D eigenvalue weighted by Gasteiger charge is 2.22. The molecule has 0 bridgehead atoms. The van der Waals surface area contributed by atoms with Gasteiger partial charge in [0, 0.05) is 49.1 Å². The zero-order valence-corrected chi connectivity index (χ0v) is 13.1. The number of amides is 1. The molecule has 1 aromatic heterocycles. The Labute approximate surface area is 122 Å². The summed E-state index contributed by atoms with van der Waals surface area (Å²) in [5, 5.41) is 0. The van der Waals surface area contributed by atoms with E-state index in [1.165, 1.54) is 0 Å². The van der Waals surface area contributed by atoms with Gasteiger partial charge in [-0.3, -0.25) is 14.7 Å². The predicted molar refractivity (Wildman–Crippen MR) is 78.9 cm³/mol. The van der Waals surface area contributed by atoms with Crippen molar-refractivity contribution >= 4 is 21.8 Å². The number of rotatable bonds is 3. The van der Waals surface area contributed by atoms with Crippen molar-refractivity contribution in [3.8, 4) is 0 Å². The number of piperazine rings is 1. The monoisotopic (exact) mass is 325 g/mol. The first-order valence-corrected chi connectivity index (χ1v) is 7.47. The summed E-state index contributed by atoms with van der Waals surface area (Å²) >= 11 is 3.38. The summed E-state index contributed by atoms with van der Waals surface area (Å²) in [6.45, 7) is 8.01. The molecule has 0 saturated carbocycles. The van der Waals surface area contributed by atoms with Crippen LogP contribution in [0.15, 0.2) is 22.9 Å². The molecule has 0 aliphatic carbocycles. The Morgan fingerprint density at radius 2 is 2.00 bits per heavy atom. The van der Waals surface area contributed by atoms with Gasteiger partial charge in [-0.1, -0.05) is 0 Å². The van der Waals surface area contributed by atoms with Gasteiger partial charge in [-0.25, -0.2) is 0 Å². The van der Waals surface area contributed by atoms with Gasteiger partial charge in [0.1, 0.15) is 0 Å². The van der Waals surface area contributed by atoms with Crippen LogP contribution < -0.4 is 0 Å². The third-order valence-electron chi connectivity index (χ3n) is 3.51. The molecule has 0 N–H and O–H groups in total. The molecule has 4 nitrogen and oxygen atoms in total. The van der Waals surface area contributed by atoms with Crippen molar-refractivity contribution in [1.82, 2.24) is 14.8 Å². The molecule has 1 aromatic rings. The standard InChI is InChI=1S/C14H20BrN3O/c1-11(2)17-3-5-18(6-4-17)14(19)8-12-7-13(15)10-16-9-12/h7,9-11H,3-6,8H2,1-2H3. The fraction of sp³-hybridized carbons (Fsp3) is 0.571. The number of pyridine rings is 1. The second-order valence-electron chi connectivity index (χ2n) is 5.20. The van der Waals surface area contributed by atoms with Crippen LogP contribution in [0.1, 0.15) is 19.4 Å². The van der Waals surface area contributed by atoms with Crippen molar-refractivity contribution in [3.05, 3.63) is 28.5 Å². The van der Waals surface area contributed by atoms with E-state index >= 15 is 0 Å². The largest absolute Gasteiger partial charge is 0.340 e. The van der Waals surface area contributed by atoms with Crippen LogP contribution in [0.4, 0.5) is 0 Å². The lowest BCUT2D eigenvalue weighted by molar-refractivity contribution is -0.132. The van der Waals surface area contributed by atoms with E-state index < -0.39 is 0 Å². The van der Waals surface area contributed by atoms with Gasteiger partial charge in [-0.15, -0.1) is 0 Å². The van der Waals surface area contributed by atoms with E-state index in [4.69, 9.17) is 0 Å². The average Bonchev–Trinajstić information content (AvgIpc) is 2.39. The van der Waals surface area contributed by atoms with E-state index in [0.29, 0.717) is 12.5 Å². The van der Waals surface area contributed by atoms with Gasteiger partial charge in [-0.2, -0.15) is 0 Å². The maximum Gasteiger partial charge on any atom is 0.227 e. The first kappa shape index (κ1) is 14.5. The Balaban J connectivity index is 1.88. The number of halogens is 1. The van der Waals surface area contributed by atoms with Crippen LogP contribution in [0.25, 0.3) is 0 Å². The fourth-order valence-electron chi connectivity index (χ4n) is 2.33. The topological polar surface area (TPSA) is 36.4 Å². The molecule has 104 valence electrons. The summed E-state index contributed by atoms with van der Waals surface area (Å²) in [5.41, 5.74) is 0.964. The summed E-state index contributed by atoms with van der Waals surface area (Å²) in [6, 6.07) is 2.52. The van der Waals surface area contributed by atoms with Gasteiger partial charge in [0.2, 0.25) is 5.91 Å². The van der Waals surface area contributed by atoms with Gasteiger partial charge in [-0.05, 0) is 41.4 Å². The van der Waals surface area contributed by atoms with Crippen molar-refractivity contribution in [1.29, 1.82) is 0 Å². The van der Waals surface area contributed by atoms with Crippen LogP contribution in [-0.2, 0) is 11.2 Å². The van der Waals surface area contributed by atoms with Gasteiger partial charge >= 0.3 is 0 Å². The van der Waals surface area contributed by atoms with Crippen LogP contribution in [0.5, 0.6) is 0 Å². The minimum Gasteiger partial charge on any atom is -0.340 e. The Kier molecular flexibility index (Phi) is 4.93. The molecule has 0 unspecified atom stereocenters. The molecule has 1 fully saturated rings. The molecule has 1 amide bonds. The van der Waals surface area contributed by atoms with Gasteiger partial charge in [0.25, 0.3) is 0 Å². The smallest absolute Gasteiger partial charge is 0.227 e. The lowest BCUT2D eigenvalue weighted by Crippen LogP contribution is -2.51. The summed E-state index contributed by atoms with van der Waals surface area (Å²) in [7, 11) is 0. The number of hydrogen-bond donors (Lipinski definition) is 0. The Morgan fingerprint density at radius 1 is 1.32 bits per heavy atom. The quantitative estimate of drug-likeness (QED) is 0.852. The van der Waals surface area contributed by atoms with Gasteiger partial charge < -0.3 is 4.90 Å². The van der Waals surface area contributed by atoms with E-state index in [9.17, 15) is 4.79 Å². The lowest BCUT2D eigenvalue weighted by Gasteiger charge is -2.37. The summed E-state index contributed by atoms with van der Waals surface area (Å²) in [4.78, 5) is 20.7. The van der Waals surface area contributed by atoms with Crippen molar-refractivity contribution in [3.63, 3.8) is 0 Å². The number of carbonyl (C=O) groups excluding carboxylic acids is 1. The Bertz CT molecular complexity index is 442. The molecule has 1 aliphatic rings. The SMILES string of the molecule is CC(C)N1CCN(C(=O)Cc2cncc(Br)c2)CC1. The normalized spacial score (nSPS) is 16.9. The molecule has 5 heteroatoms. The second kappa shape index (κ2) is 6.48. The van der Waals surface area contributed by atoms with Crippen molar-refractivity contribution < 1.29 is 4.79 Å². The molecule has 0 aromatic carbocycles. The highest BCUT2D eigenvalue weighted by atomic mass is 79.9. The third kappa shape index (κ3) is 4.01. The first-order valence-electron chi connectivity index (χ1n) is 6.67. The third-order valence-corrected chi connectivity index (χ3v) is 3.95. The van der Waals surface area contributed by atoms with Crippen molar-refractivity contribution in [2.45, 2.75) is 26.3 Å². The van der Waals surface area contributed by atoms with E-state index in [1.807, 2.05) is 11.0 Å². The highest BCUT2D eigenvalue weighted by Crippen LogP contribution is 2.12. The van der Waals surface area contributed by atoms with Crippen LogP contribution in [0.2, 0.25) is 0 Å².